The Morgan fingerprint density at radius 3 is 2.62 bits per heavy atom. The Hall–Kier alpha value is -2.77. The van der Waals surface area contributed by atoms with Gasteiger partial charge in [0, 0.05) is 24.8 Å². The SMILES string of the molecule is C[C@@H]1CN(c2c(C=O)cc3c(-n4cc(COC(F)(F)F)sc4=O)noc3c2F)C[C@@H](C)O1. The molecule has 32 heavy (non-hydrogen) atoms. The summed E-state index contributed by atoms with van der Waals surface area (Å²) in [5, 5.41) is 3.77. The molecule has 0 saturated carbocycles. The first kappa shape index (κ1) is 22.4. The Labute approximate surface area is 181 Å². The maximum atomic E-state index is 15.4. The minimum atomic E-state index is -4.86. The summed E-state index contributed by atoms with van der Waals surface area (Å²) in [6, 6.07) is 1.34. The zero-order valence-electron chi connectivity index (χ0n) is 16.8. The summed E-state index contributed by atoms with van der Waals surface area (Å²) in [6.45, 7) is 3.49. The van der Waals surface area contributed by atoms with Gasteiger partial charge in [0.05, 0.1) is 34.8 Å². The van der Waals surface area contributed by atoms with Gasteiger partial charge in [0.2, 0.25) is 5.58 Å². The molecule has 0 amide bonds. The van der Waals surface area contributed by atoms with Gasteiger partial charge < -0.3 is 14.2 Å². The van der Waals surface area contributed by atoms with E-state index in [0.29, 0.717) is 30.7 Å². The van der Waals surface area contributed by atoms with E-state index in [1.54, 1.807) is 4.90 Å². The summed E-state index contributed by atoms with van der Waals surface area (Å²) >= 11 is 0.518. The predicted octanol–water partition coefficient (Wildman–Crippen LogP) is 3.64. The highest BCUT2D eigenvalue weighted by atomic mass is 32.1. The van der Waals surface area contributed by atoms with Crippen LogP contribution in [0.2, 0.25) is 0 Å². The number of morpholine rings is 1. The van der Waals surface area contributed by atoms with E-state index in [0.717, 1.165) is 10.8 Å². The lowest BCUT2D eigenvalue weighted by Crippen LogP contribution is -2.46. The molecule has 0 spiro atoms. The smallest absolute Gasteiger partial charge is 0.372 e. The average Bonchev–Trinajstić information content (AvgIpc) is 3.28. The first-order valence-electron chi connectivity index (χ1n) is 9.47. The first-order chi connectivity index (χ1) is 15.1. The largest absolute Gasteiger partial charge is 0.522 e. The van der Waals surface area contributed by atoms with Gasteiger partial charge in [-0.3, -0.25) is 18.9 Å². The highest BCUT2D eigenvalue weighted by Gasteiger charge is 2.31. The van der Waals surface area contributed by atoms with Crippen LogP contribution in [0.5, 0.6) is 0 Å². The van der Waals surface area contributed by atoms with E-state index in [1.807, 2.05) is 13.8 Å². The van der Waals surface area contributed by atoms with Crippen molar-refractivity contribution in [2.75, 3.05) is 18.0 Å². The molecule has 0 radical (unpaired) electrons. The van der Waals surface area contributed by atoms with E-state index in [1.165, 1.54) is 6.07 Å². The zero-order chi connectivity index (χ0) is 23.2. The molecular weight excluding hydrogens is 458 g/mol. The first-order valence-corrected chi connectivity index (χ1v) is 10.3. The minimum Gasteiger partial charge on any atom is -0.372 e. The number of aldehydes is 1. The van der Waals surface area contributed by atoms with Crippen molar-refractivity contribution in [2.45, 2.75) is 39.0 Å². The monoisotopic (exact) mass is 475 g/mol. The zero-order valence-corrected chi connectivity index (χ0v) is 17.6. The molecule has 1 aliphatic rings. The number of ether oxygens (including phenoxy) is 2. The van der Waals surface area contributed by atoms with Crippen LogP contribution in [0.3, 0.4) is 0 Å². The van der Waals surface area contributed by atoms with Gasteiger partial charge in [0.15, 0.2) is 17.9 Å². The fraction of sp³-hybridized carbons (Fsp3) is 0.421. The maximum absolute atomic E-state index is 15.4. The van der Waals surface area contributed by atoms with E-state index in [4.69, 9.17) is 9.26 Å². The quantitative estimate of drug-likeness (QED) is 0.411. The van der Waals surface area contributed by atoms with Gasteiger partial charge >= 0.3 is 11.2 Å². The number of rotatable bonds is 5. The Bertz CT molecular complexity index is 1210. The van der Waals surface area contributed by atoms with Crippen molar-refractivity contribution >= 4 is 34.3 Å². The van der Waals surface area contributed by atoms with Gasteiger partial charge in [-0.1, -0.05) is 16.5 Å². The standard InChI is InChI=1S/C19H17F4N3O5S/c1-9-4-25(5-10(2)30-9)15-11(7-27)3-13-16(14(15)20)31-24-17(13)26-6-12(32-18(26)28)8-29-19(21,22)23/h3,6-7,9-10H,4-5,8H2,1-2H3/t9-,10-/m1/s1. The molecule has 1 saturated heterocycles. The van der Waals surface area contributed by atoms with Crippen molar-refractivity contribution in [1.82, 2.24) is 9.72 Å². The van der Waals surface area contributed by atoms with Crippen LogP contribution in [-0.4, -0.2) is 47.7 Å². The number of aromatic nitrogens is 2. The van der Waals surface area contributed by atoms with Crippen LogP contribution in [0, 0.1) is 5.82 Å². The number of hydrogen-bond donors (Lipinski definition) is 0. The molecule has 2 aromatic heterocycles. The lowest BCUT2D eigenvalue weighted by atomic mass is 10.1. The molecule has 4 rings (SSSR count). The summed E-state index contributed by atoms with van der Waals surface area (Å²) < 4.78 is 67.7. The van der Waals surface area contributed by atoms with Crippen molar-refractivity contribution in [3.8, 4) is 5.82 Å². The lowest BCUT2D eigenvalue weighted by Gasteiger charge is -2.37. The summed E-state index contributed by atoms with van der Waals surface area (Å²) in [5.41, 5.74) is -0.225. The van der Waals surface area contributed by atoms with Gasteiger partial charge in [-0.2, -0.15) is 0 Å². The van der Waals surface area contributed by atoms with Crippen molar-refractivity contribution in [3.05, 3.63) is 38.2 Å². The highest BCUT2D eigenvalue weighted by Crippen LogP contribution is 2.35. The topological polar surface area (TPSA) is 86.8 Å². The average molecular weight is 475 g/mol. The Balaban J connectivity index is 1.77. The van der Waals surface area contributed by atoms with Crippen LogP contribution in [0.1, 0.15) is 29.1 Å². The van der Waals surface area contributed by atoms with Gasteiger partial charge in [0.1, 0.15) is 0 Å². The van der Waals surface area contributed by atoms with Crippen LogP contribution in [-0.2, 0) is 16.1 Å². The van der Waals surface area contributed by atoms with E-state index >= 15 is 4.39 Å². The van der Waals surface area contributed by atoms with Crippen molar-refractivity contribution in [3.63, 3.8) is 0 Å². The molecule has 0 unspecified atom stereocenters. The number of carbonyl (C=O) groups excluding carboxylic acids is 1. The molecule has 3 heterocycles. The summed E-state index contributed by atoms with van der Waals surface area (Å²) in [6.07, 6.45) is -3.65. The van der Waals surface area contributed by atoms with Crippen molar-refractivity contribution in [2.24, 2.45) is 0 Å². The number of hydrogen-bond acceptors (Lipinski definition) is 8. The van der Waals surface area contributed by atoms with Crippen molar-refractivity contribution in [1.29, 1.82) is 0 Å². The van der Waals surface area contributed by atoms with Gasteiger partial charge in [-0.05, 0) is 19.9 Å². The third kappa shape index (κ3) is 4.27. The molecule has 1 aromatic carbocycles. The second-order valence-electron chi connectivity index (χ2n) is 7.36. The Morgan fingerprint density at radius 1 is 1.31 bits per heavy atom. The number of halogens is 4. The number of thiazole rings is 1. The van der Waals surface area contributed by atoms with Gasteiger partial charge in [0.25, 0.3) is 0 Å². The fourth-order valence-electron chi connectivity index (χ4n) is 3.73. The molecular formula is C19H17F4N3O5S. The molecule has 13 heteroatoms. The number of fused-ring (bicyclic) bond motifs is 1. The predicted molar refractivity (Wildman–Crippen MR) is 106 cm³/mol. The maximum Gasteiger partial charge on any atom is 0.522 e. The van der Waals surface area contributed by atoms with E-state index in [2.05, 4.69) is 9.89 Å². The van der Waals surface area contributed by atoms with Gasteiger partial charge in [-0.15, -0.1) is 13.2 Å². The number of benzene rings is 1. The molecule has 8 nitrogen and oxygen atoms in total. The molecule has 0 N–H and O–H groups in total. The molecule has 0 aliphatic carbocycles. The second kappa shape index (κ2) is 8.30. The molecule has 3 aromatic rings. The third-order valence-corrected chi connectivity index (χ3v) is 5.70. The second-order valence-corrected chi connectivity index (χ2v) is 8.44. The molecule has 2 atom stereocenters. The third-order valence-electron chi connectivity index (χ3n) is 4.85. The lowest BCUT2D eigenvalue weighted by molar-refractivity contribution is -0.330. The molecule has 172 valence electrons. The summed E-state index contributed by atoms with van der Waals surface area (Å²) in [4.78, 5) is 25.1. The van der Waals surface area contributed by atoms with Crippen LogP contribution < -0.4 is 9.77 Å². The van der Waals surface area contributed by atoms with Crippen LogP contribution in [0.15, 0.2) is 21.6 Å². The molecule has 1 aliphatic heterocycles. The summed E-state index contributed by atoms with van der Waals surface area (Å²) in [5.74, 6) is -0.967. The normalized spacial score (nSPS) is 19.6. The van der Waals surface area contributed by atoms with Crippen molar-refractivity contribution < 1.29 is 36.4 Å². The van der Waals surface area contributed by atoms with E-state index in [9.17, 15) is 22.8 Å². The number of anilines is 1. The van der Waals surface area contributed by atoms with Crippen LogP contribution in [0.25, 0.3) is 16.8 Å². The van der Waals surface area contributed by atoms with Crippen LogP contribution >= 0.6 is 11.3 Å². The number of alkyl halides is 3. The van der Waals surface area contributed by atoms with Gasteiger partial charge in [-0.25, -0.2) is 4.39 Å². The van der Waals surface area contributed by atoms with E-state index < -0.39 is 23.7 Å². The Kier molecular flexibility index (Phi) is 5.81. The van der Waals surface area contributed by atoms with Crippen LogP contribution in [0.4, 0.5) is 23.2 Å². The van der Waals surface area contributed by atoms with E-state index in [-0.39, 0.29) is 45.1 Å². The fourth-order valence-corrected chi connectivity index (χ4v) is 4.47. The highest BCUT2D eigenvalue weighted by molar-refractivity contribution is 7.09. The Morgan fingerprint density at radius 2 is 2.00 bits per heavy atom. The minimum absolute atomic E-state index is 0.0182. The number of carbonyl (C=O) groups is 1. The summed E-state index contributed by atoms with van der Waals surface area (Å²) in [7, 11) is 0. The molecule has 1 fully saturated rings. The number of nitrogens with zero attached hydrogens (tertiary/aromatic N) is 3. The molecule has 0 bridgehead atoms.